The maximum atomic E-state index is 10.4. The Bertz CT molecular complexity index is 318. The highest BCUT2D eigenvalue weighted by Crippen LogP contribution is 2.19. The third-order valence-electron chi connectivity index (χ3n) is 1.88. The van der Waals surface area contributed by atoms with Gasteiger partial charge in [0.25, 0.3) is 0 Å². The van der Waals surface area contributed by atoms with Crippen LogP contribution < -0.4 is 0 Å². The van der Waals surface area contributed by atoms with Crippen LogP contribution in [0.1, 0.15) is 18.1 Å². The minimum Gasteiger partial charge on any atom is -0.508 e. The second-order valence-corrected chi connectivity index (χ2v) is 2.89. The number of aromatic hydroxyl groups is 1. The Kier molecular flexibility index (Phi) is 2.90. The minimum absolute atomic E-state index is 0.00722. The molecule has 0 aliphatic carbocycles. The Balaban J connectivity index is 2.92. The molecular formula is C10H12O3. The van der Waals surface area contributed by atoms with E-state index in [0.717, 1.165) is 11.1 Å². The first-order valence-corrected chi connectivity index (χ1v) is 4.16. The molecule has 1 aromatic rings. The molecule has 0 unspecified atom stereocenters. The van der Waals surface area contributed by atoms with Crippen molar-refractivity contribution >= 4 is 5.97 Å². The molecule has 0 heterocycles. The molecule has 0 amide bonds. The fraction of sp³-hybridized carbons (Fsp3) is 0.300. The van der Waals surface area contributed by atoms with Crippen molar-refractivity contribution < 1.29 is 15.0 Å². The number of benzene rings is 1. The average Bonchev–Trinajstić information content (AvgIpc) is 2.07. The number of rotatable bonds is 3. The van der Waals surface area contributed by atoms with Crippen LogP contribution in [-0.2, 0) is 17.6 Å². The maximum absolute atomic E-state index is 10.4. The molecule has 1 aromatic carbocycles. The largest absolute Gasteiger partial charge is 0.508 e. The first-order valence-electron chi connectivity index (χ1n) is 4.16. The van der Waals surface area contributed by atoms with E-state index >= 15 is 0 Å². The molecule has 0 saturated carbocycles. The lowest BCUT2D eigenvalue weighted by molar-refractivity contribution is -0.136. The second kappa shape index (κ2) is 3.94. The van der Waals surface area contributed by atoms with Crippen LogP contribution in [0.4, 0.5) is 0 Å². The van der Waals surface area contributed by atoms with Crippen molar-refractivity contribution in [3.05, 3.63) is 29.3 Å². The van der Waals surface area contributed by atoms with Gasteiger partial charge >= 0.3 is 5.97 Å². The standard InChI is InChI=1S/C10H12O3/c1-2-8-5-7(6-10(12)13)3-4-9(8)11/h3-5,11H,2,6H2,1H3,(H,12,13). The lowest BCUT2D eigenvalue weighted by Crippen LogP contribution is -2.00. The summed E-state index contributed by atoms with van der Waals surface area (Å²) in [4.78, 5) is 10.4. The molecule has 13 heavy (non-hydrogen) atoms. The number of aryl methyl sites for hydroxylation is 1. The van der Waals surface area contributed by atoms with Gasteiger partial charge in [0, 0.05) is 0 Å². The second-order valence-electron chi connectivity index (χ2n) is 2.89. The molecule has 0 aliphatic heterocycles. The van der Waals surface area contributed by atoms with E-state index in [2.05, 4.69) is 0 Å². The van der Waals surface area contributed by atoms with Crippen LogP contribution in [0.2, 0.25) is 0 Å². The van der Waals surface area contributed by atoms with Crippen LogP contribution in [0.15, 0.2) is 18.2 Å². The van der Waals surface area contributed by atoms with E-state index in [9.17, 15) is 9.90 Å². The van der Waals surface area contributed by atoms with Crippen LogP contribution in [0.25, 0.3) is 0 Å². The number of aliphatic carboxylic acids is 1. The fourth-order valence-corrected chi connectivity index (χ4v) is 1.21. The van der Waals surface area contributed by atoms with Crippen molar-refractivity contribution in [1.82, 2.24) is 0 Å². The molecule has 0 saturated heterocycles. The Morgan fingerprint density at radius 3 is 2.69 bits per heavy atom. The molecule has 0 atom stereocenters. The van der Waals surface area contributed by atoms with Gasteiger partial charge in [0.05, 0.1) is 6.42 Å². The predicted octanol–water partition coefficient (Wildman–Crippen LogP) is 1.58. The van der Waals surface area contributed by atoms with Gasteiger partial charge in [0.15, 0.2) is 0 Å². The monoisotopic (exact) mass is 180 g/mol. The summed E-state index contributed by atoms with van der Waals surface area (Å²) in [7, 11) is 0. The van der Waals surface area contributed by atoms with E-state index in [1.807, 2.05) is 6.92 Å². The smallest absolute Gasteiger partial charge is 0.307 e. The van der Waals surface area contributed by atoms with Crippen LogP contribution in [-0.4, -0.2) is 16.2 Å². The van der Waals surface area contributed by atoms with E-state index in [1.54, 1.807) is 12.1 Å². The molecule has 0 fully saturated rings. The Morgan fingerprint density at radius 2 is 2.15 bits per heavy atom. The van der Waals surface area contributed by atoms with Crippen molar-refractivity contribution in [1.29, 1.82) is 0 Å². The van der Waals surface area contributed by atoms with E-state index in [4.69, 9.17) is 5.11 Å². The van der Waals surface area contributed by atoms with Gasteiger partial charge < -0.3 is 10.2 Å². The van der Waals surface area contributed by atoms with Gasteiger partial charge in [-0.05, 0) is 23.6 Å². The topological polar surface area (TPSA) is 57.5 Å². The molecule has 3 nitrogen and oxygen atoms in total. The summed E-state index contributed by atoms with van der Waals surface area (Å²) in [5.41, 5.74) is 1.51. The molecule has 0 spiro atoms. The summed E-state index contributed by atoms with van der Waals surface area (Å²) in [6.45, 7) is 1.92. The molecule has 0 radical (unpaired) electrons. The third kappa shape index (κ3) is 2.47. The van der Waals surface area contributed by atoms with Crippen LogP contribution >= 0.6 is 0 Å². The molecule has 0 aliphatic rings. The molecule has 0 bridgehead atoms. The summed E-state index contributed by atoms with van der Waals surface area (Å²) < 4.78 is 0. The van der Waals surface area contributed by atoms with Crippen molar-refractivity contribution in [3.8, 4) is 5.75 Å². The fourth-order valence-electron chi connectivity index (χ4n) is 1.21. The molecule has 2 N–H and O–H groups in total. The number of carboxylic acid groups (broad SMARTS) is 1. The summed E-state index contributed by atoms with van der Waals surface area (Å²) in [5.74, 6) is -0.621. The summed E-state index contributed by atoms with van der Waals surface area (Å²) in [6.07, 6.45) is 0.715. The lowest BCUT2D eigenvalue weighted by Gasteiger charge is -2.03. The normalized spacial score (nSPS) is 9.92. The quantitative estimate of drug-likeness (QED) is 0.742. The van der Waals surface area contributed by atoms with Gasteiger partial charge in [-0.25, -0.2) is 0 Å². The lowest BCUT2D eigenvalue weighted by atomic mass is 10.1. The van der Waals surface area contributed by atoms with E-state index in [0.29, 0.717) is 6.42 Å². The number of carbonyl (C=O) groups is 1. The summed E-state index contributed by atoms with van der Waals surface area (Å²) in [6, 6.07) is 4.89. The highest BCUT2D eigenvalue weighted by molar-refractivity contribution is 5.70. The number of hydrogen-bond donors (Lipinski definition) is 2. The minimum atomic E-state index is -0.854. The van der Waals surface area contributed by atoms with Gasteiger partial charge in [0.2, 0.25) is 0 Å². The number of phenolic OH excluding ortho intramolecular Hbond substituents is 1. The number of phenols is 1. The zero-order chi connectivity index (χ0) is 9.84. The van der Waals surface area contributed by atoms with Crippen LogP contribution in [0.3, 0.4) is 0 Å². The van der Waals surface area contributed by atoms with Crippen molar-refractivity contribution in [2.75, 3.05) is 0 Å². The Labute approximate surface area is 76.6 Å². The number of hydrogen-bond acceptors (Lipinski definition) is 2. The number of carboxylic acids is 1. The van der Waals surface area contributed by atoms with Gasteiger partial charge in [-0.15, -0.1) is 0 Å². The molecule has 3 heteroatoms. The average molecular weight is 180 g/mol. The van der Waals surface area contributed by atoms with E-state index < -0.39 is 5.97 Å². The zero-order valence-electron chi connectivity index (χ0n) is 7.45. The van der Waals surface area contributed by atoms with Crippen molar-refractivity contribution in [2.45, 2.75) is 19.8 Å². The Morgan fingerprint density at radius 1 is 1.46 bits per heavy atom. The molecule has 1 rings (SSSR count). The van der Waals surface area contributed by atoms with Crippen molar-refractivity contribution in [2.24, 2.45) is 0 Å². The first-order chi connectivity index (χ1) is 6.13. The molecule has 70 valence electrons. The van der Waals surface area contributed by atoms with Crippen LogP contribution in [0, 0.1) is 0 Å². The van der Waals surface area contributed by atoms with Crippen molar-refractivity contribution in [3.63, 3.8) is 0 Å². The van der Waals surface area contributed by atoms with Gasteiger partial charge in [0.1, 0.15) is 5.75 Å². The van der Waals surface area contributed by atoms with E-state index in [-0.39, 0.29) is 12.2 Å². The highest BCUT2D eigenvalue weighted by atomic mass is 16.4. The SMILES string of the molecule is CCc1cc(CC(=O)O)ccc1O. The molecule has 0 aromatic heterocycles. The predicted molar refractivity (Wildman–Crippen MR) is 48.8 cm³/mol. The Hall–Kier alpha value is -1.51. The van der Waals surface area contributed by atoms with Crippen LogP contribution in [0.5, 0.6) is 5.75 Å². The third-order valence-corrected chi connectivity index (χ3v) is 1.88. The van der Waals surface area contributed by atoms with Gasteiger partial charge in [-0.1, -0.05) is 19.1 Å². The van der Waals surface area contributed by atoms with Gasteiger partial charge in [-0.2, -0.15) is 0 Å². The zero-order valence-corrected chi connectivity index (χ0v) is 7.45. The first kappa shape index (κ1) is 9.58. The molecular weight excluding hydrogens is 168 g/mol. The van der Waals surface area contributed by atoms with E-state index in [1.165, 1.54) is 6.07 Å². The van der Waals surface area contributed by atoms with Gasteiger partial charge in [-0.3, -0.25) is 4.79 Å². The highest BCUT2D eigenvalue weighted by Gasteiger charge is 2.03. The summed E-state index contributed by atoms with van der Waals surface area (Å²) >= 11 is 0. The maximum Gasteiger partial charge on any atom is 0.307 e. The summed E-state index contributed by atoms with van der Waals surface area (Å²) in [5, 5.41) is 17.9.